The van der Waals surface area contributed by atoms with Crippen LogP contribution in [0, 0.1) is 0 Å². The highest BCUT2D eigenvalue weighted by Crippen LogP contribution is 2.19. The zero-order chi connectivity index (χ0) is 12.1. The molecule has 2 heterocycles. The number of pyridine rings is 1. The lowest BCUT2D eigenvalue weighted by molar-refractivity contribution is -0.114. The van der Waals surface area contributed by atoms with Gasteiger partial charge in [-0.15, -0.1) is 0 Å². The summed E-state index contributed by atoms with van der Waals surface area (Å²) >= 11 is 0. The number of amides is 1. The molecule has 0 bridgehead atoms. The molecule has 1 aliphatic heterocycles. The minimum Gasteiger partial charge on any atom is -0.370 e. The summed E-state index contributed by atoms with van der Waals surface area (Å²) in [5, 5.41) is 2.63. The van der Waals surface area contributed by atoms with Gasteiger partial charge in [-0.25, -0.2) is 4.98 Å². The van der Waals surface area contributed by atoms with E-state index in [0.717, 1.165) is 18.8 Å². The number of hydrogen-bond acceptors (Lipinski definition) is 4. The Morgan fingerprint density at radius 1 is 1.35 bits per heavy atom. The molecule has 0 saturated carbocycles. The van der Waals surface area contributed by atoms with E-state index in [2.05, 4.69) is 15.2 Å². The van der Waals surface area contributed by atoms with Crippen LogP contribution in [0.4, 0.5) is 11.5 Å². The summed E-state index contributed by atoms with van der Waals surface area (Å²) in [5.74, 6) is 0.337. The average Bonchev–Trinajstić information content (AvgIpc) is 2.40. The second kappa shape index (κ2) is 5.63. The summed E-state index contributed by atoms with van der Waals surface area (Å²) in [5.41, 5.74) is 6.34. The Balaban J connectivity index is 1.99. The quantitative estimate of drug-likeness (QED) is 0.817. The third-order valence-corrected chi connectivity index (χ3v) is 2.92. The van der Waals surface area contributed by atoms with Gasteiger partial charge in [-0.3, -0.25) is 4.79 Å². The molecule has 0 aromatic carbocycles. The standard InChI is InChI=1S/C12H18N4O/c13-8-12(17)15-11-5-4-10(9-14-11)16-6-2-1-3-7-16/h4-5,9H,1-3,6-8,13H2,(H,14,15,17). The Morgan fingerprint density at radius 3 is 2.71 bits per heavy atom. The van der Waals surface area contributed by atoms with Crippen LogP contribution in [0.2, 0.25) is 0 Å². The van der Waals surface area contributed by atoms with Crippen LogP contribution >= 0.6 is 0 Å². The molecule has 0 unspecified atom stereocenters. The van der Waals surface area contributed by atoms with Crippen molar-refractivity contribution in [3.05, 3.63) is 18.3 Å². The lowest BCUT2D eigenvalue weighted by atomic mass is 10.1. The van der Waals surface area contributed by atoms with E-state index in [9.17, 15) is 4.79 Å². The third kappa shape index (κ3) is 3.17. The summed E-state index contributed by atoms with van der Waals surface area (Å²) < 4.78 is 0. The predicted octanol–water partition coefficient (Wildman–Crippen LogP) is 0.969. The normalized spacial score (nSPS) is 15.7. The molecule has 1 saturated heterocycles. The zero-order valence-corrected chi connectivity index (χ0v) is 9.85. The lowest BCUT2D eigenvalue weighted by Crippen LogP contribution is -2.29. The highest BCUT2D eigenvalue weighted by Gasteiger charge is 2.11. The topological polar surface area (TPSA) is 71.2 Å². The van der Waals surface area contributed by atoms with Crippen LogP contribution in [-0.4, -0.2) is 30.5 Å². The Bertz CT molecular complexity index is 371. The van der Waals surface area contributed by atoms with Crippen LogP contribution in [0.1, 0.15) is 19.3 Å². The molecule has 1 aromatic rings. The van der Waals surface area contributed by atoms with E-state index >= 15 is 0 Å². The molecule has 1 aromatic heterocycles. The van der Waals surface area contributed by atoms with Crippen molar-refractivity contribution < 1.29 is 4.79 Å². The van der Waals surface area contributed by atoms with Gasteiger partial charge >= 0.3 is 0 Å². The number of carbonyl (C=O) groups excluding carboxylic acids is 1. The smallest absolute Gasteiger partial charge is 0.239 e. The number of rotatable bonds is 3. The molecule has 0 spiro atoms. The van der Waals surface area contributed by atoms with E-state index in [0.29, 0.717) is 5.82 Å². The molecule has 5 nitrogen and oxygen atoms in total. The van der Waals surface area contributed by atoms with Crippen LogP contribution in [-0.2, 0) is 4.79 Å². The van der Waals surface area contributed by atoms with E-state index < -0.39 is 0 Å². The zero-order valence-electron chi connectivity index (χ0n) is 9.85. The van der Waals surface area contributed by atoms with Gasteiger partial charge in [0.1, 0.15) is 5.82 Å². The van der Waals surface area contributed by atoms with Gasteiger partial charge in [-0.2, -0.15) is 0 Å². The van der Waals surface area contributed by atoms with Crippen molar-refractivity contribution in [2.45, 2.75) is 19.3 Å². The molecule has 5 heteroatoms. The summed E-state index contributed by atoms with van der Waals surface area (Å²) in [4.78, 5) is 17.6. The second-order valence-corrected chi connectivity index (χ2v) is 4.20. The molecule has 0 radical (unpaired) electrons. The SMILES string of the molecule is NCC(=O)Nc1ccc(N2CCCCC2)cn1. The van der Waals surface area contributed by atoms with Gasteiger partial charge in [0.2, 0.25) is 5.91 Å². The van der Waals surface area contributed by atoms with E-state index in [4.69, 9.17) is 5.73 Å². The average molecular weight is 234 g/mol. The summed E-state index contributed by atoms with van der Waals surface area (Å²) in [6.07, 6.45) is 5.60. The van der Waals surface area contributed by atoms with Gasteiger partial charge in [0.15, 0.2) is 0 Å². The molecular weight excluding hydrogens is 216 g/mol. The third-order valence-electron chi connectivity index (χ3n) is 2.92. The molecule has 1 fully saturated rings. The number of anilines is 2. The van der Waals surface area contributed by atoms with Gasteiger partial charge in [0.05, 0.1) is 18.4 Å². The van der Waals surface area contributed by atoms with Gasteiger partial charge < -0.3 is 16.0 Å². The van der Waals surface area contributed by atoms with E-state index in [1.54, 1.807) is 6.20 Å². The summed E-state index contributed by atoms with van der Waals surface area (Å²) in [7, 11) is 0. The van der Waals surface area contributed by atoms with Crippen LogP contribution in [0.15, 0.2) is 18.3 Å². The number of nitrogens with one attached hydrogen (secondary N) is 1. The molecule has 92 valence electrons. The van der Waals surface area contributed by atoms with Crippen molar-refractivity contribution in [1.82, 2.24) is 4.98 Å². The number of carbonyl (C=O) groups is 1. The first kappa shape index (κ1) is 11.9. The van der Waals surface area contributed by atoms with Crippen LogP contribution < -0.4 is 16.0 Å². The van der Waals surface area contributed by atoms with E-state index in [1.807, 2.05) is 12.1 Å². The van der Waals surface area contributed by atoms with Crippen molar-refractivity contribution in [1.29, 1.82) is 0 Å². The van der Waals surface area contributed by atoms with Gasteiger partial charge in [0, 0.05) is 13.1 Å². The van der Waals surface area contributed by atoms with Crippen molar-refractivity contribution in [3.63, 3.8) is 0 Å². The second-order valence-electron chi connectivity index (χ2n) is 4.20. The Hall–Kier alpha value is -1.62. The maximum absolute atomic E-state index is 11.1. The minimum absolute atomic E-state index is 0.0183. The van der Waals surface area contributed by atoms with E-state index in [-0.39, 0.29) is 12.5 Å². The predicted molar refractivity (Wildman–Crippen MR) is 68.0 cm³/mol. The highest BCUT2D eigenvalue weighted by molar-refractivity contribution is 5.91. The van der Waals surface area contributed by atoms with Crippen molar-refractivity contribution in [3.8, 4) is 0 Å². The fraction of sp³-hybridized carbons (Fsp3) is 0.500. The number of nitrogens with zero attached hydrogens (tertiary/aromatic N) is 2. The highest BCUT2D eigenvalue weighted by atomic mass is 16.1. The first-order chi connectivity index (χ1) is 8.29. The molecule has 0 atom stereocenters. The van der Waals surface area contributed by atoms with Crippen LogP contribution in [0.5, 0.6) is 0 Å². The Labute approximate surface area is 101 Å². The molecule has 1 amide bonds. The Kier molecular flexibility index (Phi) is 3.93. The molecule has 2 rings (SSSR count). The number of piperidine rings is 1. The van der Waals surface area contributed by atoms with Crippen molar-refractivity contribution in [2.24, 2.45) is 5.73 Å². The van der Waals surface area contributed by atoms with Crippen LogP contribution in [0.3, 0.4) is 0 Å². The van der Waals surface area contributed by atoms with Crippen molar-refractivity contribution >= 4 is 17.4 Å². The number of nitrogens with two attached hydrogens (primary N) is 1. The molecular formula is C12H18N4O. The lowest BCUT2D eigenvalue weighted by Gasteiger charge is -2.28. The maximum Gasteiger partial charge on any atom is 0.239 e. The summed E-state index contributed by atoms with van der Waals surface area (Å²) in [6.45, 7) is 2.17. The Morgan fingerprint density at radius 2 is 2.12 bits per heavy atom. The first-order valence-electron chi connectivity index (χ1n) is 6.00. The first-order valence-corrected chi connectivity index (χ1v) is 6.00. The molecule has 0 aliphatic carbocycles. The van der Waals surface area contributed by atoms with Gasteiger partial charge in [0.25, 0.3) is 0 Å². The fourth-order valence-corrected chi connectivity index (χ4v) is 1.99. The van der Waals surface area contributed by atoms with E-state index in [1.165, 1.54) is 19.3 Å². The summed E-state index contributed by atoms with van der Waals surface area (Å²) in [6, 6.07) is 3.81. The van der Waals surface area contributed by atoms with Crippen molar-refractivity contribution in [2.75, 3.05) is 29.9 Å². The minimum atomic E-state index is -0.219. The monoisotopic (exact) mass is 234 g/mol. The largest absolute Gasteiger partial charge is 0.370 e. The van der Waals surface area contributed by atoms with Crippen LogP contribution in [0.25, 0.3) is 0 Å². The van der Waals surface area contributed by atoms with Gasteiger partial charge in [-0.05, 0) is 31.4 Å². The van der Waals surface area contributed by atoms with Gasteiger partial charge in [-0.1, -0.05) is 0 Å². The molecule has 1 aliphatic rings. The molecule has 3 N–H and O–H groups in total. The number of aromatic nitrogens is 1. The fourth-order valence-electron chi connectivity index (χ4n) is 1.99. The number of hydrogen-bond donors (Lipinski definition) is 2. The maximum atomic E-state index is 11.1. The molecule has 17 heavy (non-hydrogen) atoms.